The highest BCUT2D eigenvalue weighted by Crippen LogP contribution is 2.39. The van der Waals surface area contributed by atoms with Crippen LogP contribution in [0.1, 0.15) is 34.6 Å². The van der Waals surface area contributed by atoms with Crippen LogP contribution in [-0.2, 0) is 80.7 Å². The van der Waals surface area contributed by atoms with Gasteiger partial charge in [0.05, 0.1) is 64.5 Å². The Morgan fingerprint density at radius 1 is 0.375 bits per heavy atom. The van der Waals surface area contributed by atoms with Gasteiger partial charge >= 0.3 is 0 Å². The van der Waals surface area contributed by atoms with Crippen molar-refractivity contribution in [3.8, 4) is 0 Å². The van der Waals surface area contributed by atoms with Crippen LogP contribution in [0.5, 0.6) is 0 Å². The predicted octanol–water partition coefficient (Wildman–Crippen LogP) is -16.3. The molecule has 42 heteroatoms. The van der Waals surface area contributed by atoms with Crippen LogP contribution < -0.4 is 16.0 Å². The van der Waals surface area contributed by atoms with Crippen molar-refractivity contribution in [3.63, 3.8) is 0 Å². The number of aliphatic hydroxyl groups is 22. The van der Waals surface area contributed by atoms with Crippen molar-refractivity contribution in [1.82, 2.24) is 16.0 Å². The number of carbonyl (C=O) groups is 3. The van der Waals surface area contributed by atoms with Crippen LogP contribution in [0.15, 0.2) is 0 Å². The molecule has 7 aliphatic heterocycles. The van der Waals surface area contributed by atoms with E-state index in [2.05, 4.69) is 16.0 Å². The number of carbonyl (C=O) groups excluding carboxylic acids is 3. The lowest BCUT2D eigenvalue weighted by molar-refractivity contribution is -0.400. The number of amides is 3. The second kappa shape index (κ2) is 35.2. The molecule has 0 unspecified atom stereocenters. The van der Waals surface area contributed by atoms with E-state index in [1.807, 2.05) is 0 Å². The van der Waals surface area contributed by atoms with Crippen LogP contribution in [0.25, 0.3) is 0 Å². The highest BCUT2D eigenvalue weighted by Gasteiger charge is 2.60. The molecular weight excluding hydrogens is 1310 g/mol. The first-order valence-corrected chi connectivity index (χ1v) is 30.8. The zero-order valence-electron chi connectivity index (χ0n) is 52.2. The van der Waals surface area contributed by atoms with Gasteiger partial charge in [-0.15, -0.1) is 0 Å². The van der Waals surface area contributed by atoms with Crippen molar-refractivity contribution in [2.24, 2.45) is 0 Å². The highest BCUT2D eigenvalue weighted by molar-refractivity contribution is 5.74. The van der Waals surface area contributed by atoms with Gasteiger partial charge in [-0.2, -0.15) is 0 Å². The Hall–Kier alpha value is -3.03. The molecule has 0 bridgehead atoms. The third-order valence-electron chi connectivity index (χ3n) is 17.4. The summed E-state index contributed by atoms with van der Waals surface area (Å²) in [5.74, 6) is -2.76. The smallest absolute Gasteiger partial charge is 0.217 e. The minimum Gasteiger partial charge on any atom is -0.394 e. The number of rotatable bonds is 27. The van der Waals surface area contributed by atoms with E-state index in [-0.39, 0.29) is 0 Å². The van der Waals surface area contributed by atoms with E-state index in [4.69, 9.17) is 66.3 Å². The molecule has 96 heavy (non-hydrogen) atoms. The van der Waals surface area contributed by atoms with E-state index >= 15 is 0 Å². The first-order chi connectivity index (χ1) is 45.3. The van der Waals surface area contributed by atoms with Gasteiger partial charge in [-0.05, 0) is 13.8 Å². The molecule has 7 heterocycles. The minimum absolute atomic E-state index is 0.874. The molecule has 25 N–H and O–H groups in total. The van der Waals surface area contributed by atoms with Crippen LogP contribution in [0.2, 0.25) is 0 Å². The monoisotopic (exact) mass is 1410 g/mol. The molecule has 39 atom stereocenters. The Morgan fingerprint density at radius 3 is 1.31 bits per heavy atom. The summed E-state index contributed by atoms with van der Waals surface area (Å²) < 4.78 is 83.5. The lowest BCUT2D eigenvalue weighted by Gasteiger charge is -2.52. The SMILES string of the molecule is CC(=O)N[C@H]1[C@H](OC[C@H]2O[C@@H](O[C@@H]([C@@H](O)[C@H](O)CO)[C@H](CO)NC(C)=O)[C@H](O)[C@@H](O[C@@H]3O[C@H](CO)[C@@H](O[C@@H]4O[C@H](CO)[C@H](O)[C@H](O)[C@H]4O[C@@H]4O[C@@H](C)[C@@H](O)[C@@H](O)[C@@H]4O)[C@H](O[C@@H]4O[C@@H](C)[C@@H](O)[C@@H](O)[C@@H]4O)[C@H]3NC(C)=O)[C@H]2O)O[C@H](CO)[C@@H](O[C@@H]2O[C@H](CO)[C@H](O)[C@H](O)[C@H]2O)[C@@H]1O. The Labute approximate surface area is 545 Å². The van der Waals surface area contributed by atoms with E-state index < -0.39 is 303 Å². The first kappa shape index (κ1) is 80.3. The molecule has 7 rings (SSSR count). The van der Waals surface area contributed by atoms with Crippen LogP contribution in [0, 0.1) is 0 Å². The predicted molar refractivity (Wildman–Crippen MR) is 299 cm³/mol. The van der Waals surface area contributed by atoms with E-state index in [1.54, 1.807) is 0 Å². The van der Waals surface area contributed by atoms with Gasteiger partial charge in [0.2, 0.25) is 17.7 Å². The fourth-order valence-electron chi connectivity index (χ4n) is 12.1. The van der Waals surface area contributed by atoms with E-state index in [9.17, 15) is 127 Å². The molecule has 7 saturated heterocycles. The molecule has 558 valence electrons. The molecule has 42 nitrogen and oxygen atoms in total. The normalized spacial score (nSPS) is 46.8. The Balaban J connectivity index is 1.28. The van der Waals surface area contributed by atoms with Gasteiger partial charge in [0.25, 0.3) is 0 Å². The van der Waals surface area contributed by atoms with Crippen LogP contribution in [0.4, 0.5) is 0 Å². The minimum atomic E-state index is -2.49. The molecule has 0 aromatic heterocycles. The summed E-state index contributed by atoms with van der Waals surface area (Å²) in [6, 6.07) is -5.58. The molecule has 7 fully saturated rings. The molecule has 3 amide bonds. The molecule has 7 aliphatic rings. The van der Waals surface area contributed by atoms with Crippen molar-refractivity contribution in [2.75, 3.05) is 46.2 Å². The number of nitrogens with one attached hydrogen (secondary N) is 3. The van der Waals surface area contributed by atoms with Crippen LogP contribution >= 0.6 is 0 Å². The van der Waals surface area contributed by atoms with Gasteiger partial charge in [-0.1, -0.05) is 0 Å². The van der Waals surface area contributed by atoms with Gasteiger partial charge < -0.3 is 195 Å². The fourth-order valence-corrected chi connectivity index (χ4v) is 12.1. The molecule has 0 aromatic rings. The van der Waals surface area contributed by atoms with Crippen molar-refractivity contribution >= 4 is 17.7 Å². The molecule has 0 aromatic carbocycles. The largest absolute Gasteiger partial charge is 0.394 e. The lowest BCUT2D eigenvalue weighted by atomic mass is 9.93. The quantitative estimate of drug-likeness (QED) is 0.0363. The molecular formula is C54H93N3O39. The van der Waals surface area contributed by atoms with Gasteiger partial charge in [0.1, 0.15) is 177 Å². The second-order valence-corrected chi connectivity index (χ2v) is 24.4. The second-order valence-electron chi connectivity index (χ2n) is 24.4. The molecule has 0 saturated carbocycles. The number of ether oxygens (including phenoxy) is 14. The third-order valence-corrected chi connectivity index (χ3v) is 17.4. The summed E-state index contributed by atoms with van der Waals surface area (Å²) in [4.78, 5) is 38.7. The van der Waals surface area contributed by atoms with Crippen molar-refractivity contribution in [2.45, 2.75) is 274 Å². The number of aliphatic hydroxyl groups excluding tert-OH is 22. The van der Waals surface area contributed by atoms with Gasteiger partial charge in [0, 0.05) is 20.8 Å². The lowest BCUT2D eigenvalue weighted by Crippen LogP contribution is -2.71. The average Bonchev–Trinajstić information content (AvgIpc) is 0.763. The highest BCUT2D eigenvalue weighted by atomic mass is 16.8. The Kier molecular flexibility index (Phi) is 29.5. The third kappa shape index (κ3) is 18.1. The van der Waals surface area contributed by atoms with Crippen molar-refractivity contribution < 1.29 is 193 Å². The maximum absolute atomic E-state index is 13.5. The maximum Gasteiger partial charge on any atom is 0.217 e. The standard InChI is InChI=1S/C54H93N3O39/c1-13-27(68)34(75)38(79)50(84-13)94-45-26(57-17(5)66)49(89-23(11-63)44(45)93-54-47(37(78)31(72)21(9-61)87-54)96-51-39(80)35(76)28(69)14(2)85-51)95-46-32(73)24(90-53(41(46)82)91-42(29(70)19(67)7-59)18(6-58)55-15(3)64)12-83-48-25(56-16(4)65)33(74)43(22(10-62)88-48)92-52-40(81)36(77)30(71)20(8-60)86-52/h13-14,18-54,58-63,67-82H,6-12H2,1-5H3,(H,55,64)(H,56,65)(H,57,66)/t13-,14-,18-,19+,20+,21+,22+,23+,24+,25+,26+,27+,28+,29-,30-,31-,32-,33+,34+,35+,36-,37-,38-,39-,40+,41+,42+,43+,44+,45+,46-,47+,48+,49-,50-,51-,52-,53-,54-/m0/s1. The summed E-state index contributed by atoms with van der Waals surface area (Å²) in [7, 11) is 0. The van der Waals surface area contributed by atoms with Gasteiger partial charge in [0.15, 0.2) is 44.0 Å². The number of hydrogen-bond donors (Lipinski definition) is 25. The maximum atomic E-state index is 13.5. The van der Waals surface area contributed by atoms with Gasteiger partial charge in [-0.3, -0.25) is 14.4 Å². The molecule has 0 spiro atoms. The van der Waals surface area contributed by atoms with Crippen molar-refractivity contribution in [1.29, 1.82) is 0 Å². The summed E-state index contributed by atoms with van der Waals surface area (Å²) in [5.41, 5.74) is 0. The Morgan fingerprint density at radius 2 is 0.802 bits per heavy atom. The topological polar surface area (TPSA) is 662 Å². The summed E-state index contributed by atoms with van der Waals surface area (Å²) in [6.45, 7) is -2.24. The van der Waals surface area contributed by atoms with E-state index in [0.29, 0.717) is 0 Å². The Bertz CT molecular complexity index is 2420. The zero-order valence-corrected chi connectivity index (χ0v) is 52.2. The first-order valence-electron chi connectivity index (χ1n) is 30.8. The van der Waals surface area contributed by atoms with E-state index in [1.165, 1.54) is 13.8 Å². The summed E-state index contributed by atoms with van der Waals surface area (Å²) >= 11 is 0. The average molecular weight is 1410 g/mol. The fraction of sp³-hybridized carbons (Fsp3) is 0.944. The van der Waals surface area contributed by atoms with Crippen molar-refractivity contribution in [3.05, 3.63) is 0 Å². The zero-order chi connectivity index (χ0) is 71.2. The summed E-state index contributed by atoms with van der Waals surface area (Å²) in [6.07, 6.45) is -72.2. The van der Waals surface area contributed by atoms with Gasteiger partial charge in [-0.25, -0.2) is 0 Å². The summed E-state index contributed by atoms with van der Waals surface area (Å²) in [5, 5.41) is 248. The van der Waals surface area contributed by atoms with E-state index in [0.717, 1.165) is 20.8 Å². The molecule has 0 radical (unpaired) electrons. The molecule has 0 aliphatic carbocycles. The van der Waals surface area contributed by atoms with Crippen LogP contribution in [0.3, 0.4) is 0 Å². The number of hydrogen-bond acceptors (Lipinski definition) is 39. The van der Waals surface area contributed by atoms with Crippen LogP contribution in [-0.4, -0.2) is 415 Å².